The number of benzene rings is 3. The molecule has 4 nitrogen and oxygen atoms in total. The van der Waals surface area contributed by atoms with Crippen LogP contribution in [0.3, 0.4) is 0 Å². The number of aliphatic hydroxyl groups is 1. The monoisotopic (exact) mass is 360 g/mol. The summed E-state index contributed by atoms with van der Waals surface area (Å²) < 4.78 is 14.4. The van der Waals surface area contributed by atoms with Crippen LogP contribution < -0.4 is 5.56 Å². The summed E-state index contributed by atoms with van der Waals surface area (Å²) in [6.07, 6.45) is -0.972. The molecular formula is C22H17FN2O2. The Hall–Kier alpha value is -3.31. The molecule has 0 aliphatic carbocycles. The Morgan fingerprint density at radius 1 is 0.889 bits per heavy atom. The van der Waals surface area contributed by atoms with Crippen molar-refractivity contribution in [2.75, 3.05) is 0 Å². The van der Waals surface area contributed by atoms with Crippen molar-refractivity contribution >= 4 is 10.8 Å². The number of halogens is 1. The minimum absolute atomic E-state index is 0.0187. The summed E-state index contributed by atoms with van der Waals surface area (Å²) in [6.45, 7) is -0.0187. The highest BCUT2D eigenvalue weighted by molar-refractivity contribution is 5.93. The van der Waals surface area contributed by atoms with Gasteiger partial charge >= 0.3 is 0 Å². The zero-order valence-corrected chi connectivity index (χ0v) is 14.4. The lowest BCUT2D eigenvalue weighted by atomic mass is 10.0. The first kappa shape index (κ1) is 17.1. The summed E-state index contributed by atoms with van der Waals surface area (Å²) in [4.78, 5) is 12.9. The van der Waals surface area contributed by atoms with Crippen LogP contribution in [0, 0.1) is 5.82 Å². The molecule has 0 amide bonds. The molecule has 1 atom stereocenters. The van der Waals surface area contributed by atoms with E-state index in [9.17, 15) is 14.3 Å². The summed E-state index contributed by atoms with van der Waals surface area (Å²) in [7, 11) is 0. The molecule has 1 heterocycles. The first-order valence-corrected chi connectivity index (χ1v) is 8.62. The van der Waals surface area contributed by atoms with Gasteiger partial charge in [-0.25, -0.2) is 9.07 Å². The van der Waals surface area contributed by atoms with Crippen LogP contribution in [0.25, 0.3) is 22.0 Å². The molecule has 4 aromatic rings. The predicted molar refractivity (Wildman–Crippen MR) is 103 cm³/mol. The topological polar surface area (TPSA) is 55.1 Å². The number of nitrogens with zero attached hydrogens (tertiary/aromatic N) is 2. The Morgan fingerprint density at radius 2 is 1.52 bits per heavy atom. The van der Waals surface area contributed by atoms with Crippen LogP contribution in [-0.2, 0) is 6.54 Å². The quantitative estimate of drug-likeness (QED) is 0.600. The number of aromatic nitrogens is 2. The Balaban J connectivity index is 1.82. The van der Waals surface area contributed by atoms with E-state index in [1.165, 1.54) is 28.9 Å². The molecule has 3 aromatic carbocycles. The van der Waals surface area contributed by atoms with Crippen LogP contribution >= 0.6 is 0 Å². The van der Waals surface area contributed by atoms with Crippen molar-refractivity contribution < 1.29 is 9.50 Å². The first-order valence-electron chi connectivity index (χ1n) is 8.62. The van der Waals surface area contributed by atoms with Crippen LogP contribution in [0.4, 0.5) is 4.39 Å². The maximum Gasteiger partial charge on any atom is 0.274 e. The number of fused-ring (bicyclic) bond motifs is 1. The summed E-state index contributed by atoms with van der Waals surface area (Å²) in [5, 5.41) is 16.3. The van der Waals surface area contributed by atoms with Gasteiger partial charge in [-0.2, -0.15) is 5.10 Å². The van der Waals surface area contributed by atoms with E-state index in [1.807, 2.05) is 42.5 Å². The van der Waals surface area contributed by atoms with E-state index in [0.717, 1.165) is 10.9 Å². The molecule has 134 valence electrons. The van der Waals surface area contributed by atoms with Gasteiger partial charge in [0.2, 0.25) is 0 Å². The van der Waals surface area contributed by atoms with E-state index < -0.39 is 6.10 Å². The van der Waals surface area contributed by atoms with Crippen molar-refractivity contribution in [2.24, 2.45) is 0 Å². The number of rotatable bonds is 4. The highest BCUT2D eigenvalue weighted by Crippen LogP contribution is 2.25. The summed E-state index contributed by atoms with van der Waals surface area (Å²) in [5.41, 5.74) is 1.82. The third-order valence-corrected chi connectivity index (χ3v) is 4.52. The van der Waals surface area contributed by atoms with E-state index in [-0.39, 0.29) is 17.9 Å². The third-order valence-electron chi connectivity index (χ3n) is 4.52. The van der Waals surface area contributed by atoms with Gasteiger partial charge in [0.05, 0.1) is 23.7 Å². The summed E-state index contributed by atoms with van der Waals surface area (Å²) >= 11 is 0. The molecule has 0 fully saturated rings. The van der Waals surface area contributed by atoms with Crippen LogP contribution in [-0.4, -0.2) is 14.9 Å². The van der Waals surface area contributed by atoms with Crippen LogP contribution in [0.2, 0.25) is 0 Å². The Bertz CT molecular complexity index is 1140. The molecule has 5 heteroatoms. The van der Waals surface area contributed by atoms with Crippen LogP contribution in [0.15, 0.2) is 83.7 Å². The molecule has 1 N–H and O–H groups in total. The van der Waals surface area contributed by atoms with Crippen molar-refractivity contribution in [3.8, 4) is 11.3 Å². The van der Waals surface area contributed by atoms with E-state index in [2.05, 4.69) is 5.10 Å². The molecule has 0 aliphatic heterocycles. The SMILES string of the molecule is O=c1c2ccccc2c(-c2ccccc2)nn1C[C@H](O)c1ccc(F)cc1. The van der Waals surface area contributed by atoms with E-state index in [0.29, 0.717) is 16.6 Å². The lowest BCUT2D eigenvalue weighted by Crippen LogP contribution is -2.26. The van der Waals surface area contributed by atoms with Crippen molar-refractivity contribution in [2.45, 2.75) is 12.6 Å². The molecular weight excluding hydrogens is 343 g/mol. The van der Waals surface area contributed by atoms with Gasteiger partial charge in [-0.3, -0.25) is 4.79 Å². The van der Waals surface area contributed by atoms with Gasteiger partial charge in [-0.15, -0.1) is 0 Å². The van der Waals surface area contributed by atoms with Gasteiger partial charge in [0.25, 0.3) is 5.56 Å². The number of hydrogen-bond donors (Lipinski definition) is 1. The molecule has 4 rings (SSSR count). The highest BCUT2D eigenvalue weighted by Gasteiger charge is 2.15. The maximum atomic E-state index is 13.1. The van der Waals surface area contributed by atoms with Gasteiger partial charge in [0, 0.05) is 10.9 Å². The average Bonchev–Trinajstić information content (AvgIpc) is 2.71. The Kier molecular flexibility index (Phi) is 4.52. The van der Waals surface area contributed by atoms with Gasteiger partial charge in [-0.05, 0) is 23.8 Å². The van der Waals surface area contributed by atoms with Gasteiger partial charge in [0.1, 0.15) is 5.82 Å². The highest BCUT2D eigenvalue weighted by atomic mass is 19.1. The average molecular weight is 360 g/mol. The zero-order chi connectivity index (χ0) is 18.8. The lowest BCUT2D eigenvalue weighted by molar-refractivity contribution is 0.149. The molecule has 0 saturated heterocycles. The van der Waals surface area contributed by atoms with Crippen LogP contribution in [0.5, 0.6) is 0 Å². The largest absolute Gasteiger partial charge is 0.386 e. The minimum atomic E-state index is -0.972. The fraction of sp³-hybridized carbons (Fsp3) is 0.0909. The third kappa shape index (κ3) is 3.37. The molecule has 0 bridgehead atoms. The smallest absolute Gasteiger partial charge is 0.274 e. The molecule has 0 aliphatic rings. The normalized spacial score (nSPS) is 12.2. The van der Waals surface area contributed by atoms with E-state index in [1.54, 1.807) is 12.1 Å². The van der Waals surface area contributed by atoms with Crippen molar-refractivity contribution in [1.82, 2.24) is 9.78 Å². The van der Waals surface area contributed by atoms with Gasteiger partial charge in [0.15, 0.2) is 0 Å². The lowest BCUT2D eigenvalue weighted by Gasteiger charge is -2.15. The molecule has 1 aromatic heterocycles. The summed E-state index contributed by atoms with van der Waals surface area (Å²) in [5.74, 6) is -0.377. The van der Waals surface area contributed by atoms with Crippen LogP contribution in [0.1, 0.15) is 11.7 Å². The van der Waals surface area contributed by atoms with Gasteiger partial charge < -0.3 is 5.11 Å². The minimum Gasteiger partial charge on any atom is -0.386 e. The molecule has 0 spiro atoms. The van der Waals surface area contributed by atoms with E-state index >= 15 is 0 Å². The second-order valence-electron chi connectivity index (χ2n) is 6.31. The fourth-order valence-electron chi connectivity index (χ4n) is 3.12. The molecule has 0 radical (unpaired) electrons. The Morgan fingerprint density at radius 3 is 2.22 bits per heavy atom. The second kappa shape index (κ2) is 7.13. The predicted octanol–water partition coefficient (Wildman–Crippen LogP) is 3.94. The van der Waals surface area contributed by atoms with Crippen molar-refractivity contribution in [1.29, 1.82) is 0 Å². The fourth-order valence-corrected chi connectivity index (χ4v) is 3.12. The molecule has 27 heavy (non-hydrogen) atoms. The molecule has 0 saturated carbocycles. The summed E-state index contributed by atoms with van der Waals surface area (Å²) in [6, 6.07) is 22.5. The number of aliphatic hydroxyl groups excluding tert-OH is 1. The van der Waals surface area contributed by atoms with Gasteiger partial charge in [-0.1, -0.05) is 60.7 Å². The van der Waals surface area contributed by atoms with Crippen molar-refractivity contribution in [3.63, 3.8) is 0 Å². The molecule has 0 unspecified atom stereocenters. The Labute approximate surface area is 155 Å². The number of hydrogen-bond acceptors (Lipinski definition) is 3. The first-order chi connectivity index (χ1) is 13.1. The zero-order valence-electron chi connectivity index (χ0n) is 14.4. The second-order valence-corrected chi connectivity index (χ2v) is 6.31. The van der Waals surface area contributed by atoms with Crippen molar-refractivity contribution in [3.05, 3.63) is 101 Å². The maximum absolute atomic E-state index is 13.1. The van der Waals surface area contributed by atoms with E-state index in [4.69, 9.17) is 0 Å². The standard InChI is InChI=1S/C22H17FN2O2/c23-17-12-10-15(11-13-17)20(26)14-25-22(27)19-9-5-4-8-18(19)21(24-25)16-6-2-1-3-7-16/h1-13,20,26H,14H2/t20-/m0/s1.